The number of anilines is 1. The Morgan fingerprint density at radius 1 is 1.06 bits per heavy atom. The Bertz CT molecular complexity index is 1640. The van der Waals surface area contributed by atoms with Crippen LogP contribution >= 0.6 is 11.3 Å². The molecule has 1 atom stereocenters. The fourth-order valence-corrected chi connectivity index (χ4v) is 5.25. The molecule has 1 aliphatic rings. The minimum Gasteiger partial charge on any atom is -0.497 e. The second-order valence-corrected chi connectivity index (χ2v) is 8.64. The van der Waals surface area contributed by atoms with Crippen molar-refractivity contribution in [3.63, 3.8) is 0 Å². The largest absolute Gasteiger partial charge is 0.497 e. The van der Waals surface area contributed by atoms with Gasteiger partial charge in [0.15, 0.2) is 10.6 Å². The number of nitrogens with zero attached hydrogens (tertiary/aromatic N) is 2. The molecule has 5 aromatic rings. The van der Waals surface area contributed by atoms with E-state index in [1.165, 1.54) is 28.4 Å². The normalized spacial score (nSPS) is 15.4. The average Bonchev–Trinajstić information content (AvgIpc) is 3.37. The molecular weight excluding hydrogens is 443 g/mol. The van der Waals surface area contributed by atoms with E-state index in [1.807, 2.05) is 6.07 Å². The maximum absolute atomic E-state index is 13.8. The topological polar surface area (TPSA) is 72.6 Å². The molecule has 1 amide bonds. The lowest BCUT2D eigenvalue weighted by molar-refractivity contribution is 0.0971. The lowest BCUT2D eigenvalue weighted by Crippen LogP contribution is -2.29. The fourth-order valence-electron chi connectivity index (χ4n) is 4.23. The lowest BCUT2D eigenvalue weighted by Gasteiger charge is -2.22. The van der Waals surface area contributed by atoms with Crippen LogP contribution in [0.2, 0.25) is 0 Å². The van der Waals surface area contributed by atoms with Crippen molar-refractivity contribution in [1.29, 1.82) is 0 Å². The van der Waals surface area contributed by atoms with Crippen LogP contribution in [0.3, 0.4) is 0 Å². The summed E-state index contributed by atoms with van der Waals surface area (Å²) in [5.74, 6) is -0.289. The Balaban J connectivity index is 1.64. The van der Waals surface area contributed by atoms with Gasteiger partial charge in [0.05, 0.1) is 34.3 Å². The molecule has 0 saturated heterocycles. The van der Waals surface area contributed by atoms with Gasteiger partial charge in [-0.1, -0.05) is 35.6 Å². The molecular formula is C25H15FN2O4S. The Labute approximate surface area is 190 Å². The minimum atomic E-state index is -0.770. The minimum absolute atomic E-state index is 0.0167. The van der Waals surface area contributed by atoms with Crippen LogP contribution in [0.15, 0.2) is 75.9 Å². The summed E-state index contributed by atoms with van der Waals surface area (Å²) in [6.07, 6.45) is 0. The predicted molar refractivity (Wildman–Crippen MR) is 124 cm³/mol. The van der Waals surface area contributed by atoms with Crippen molar-refractivity contribution in [1.82, 2.24) is 4.98 Å². The number of amides is 1. The van der Waals surface area contributed by atoms with Crippen LogP contribution in [0.25, 0.3) is 21.2 Å². The van der Waals surface area contributed by atoms with Gasteiger partial charge in [-0.3, -0.25) is 14.5 Å². The summed E-state index contributed by atoms with van der Waals surface area (Å²) in [5.41, 5.74) is 1.55. The monoisotopic (exact) mass is 458 g/mol. The van der Waals surface area contributed by atoms with Crippen molar-refractivity contribution >= 4 is 43.6 Å². The molecule has 0 N–H and O–H groups in total. The highest BCUT2D eigenvalue weighted by molar-refractivity contribution is 7.22. The highest BCUT2D eigenvalue weighted by Gasteiger charge is 2.45. The van der Waals surface area contributed by atoms with Gasteiger partial charge in [0, 0.05) is 0 Å². The zero-order chi connectivity index (χ0) is 22.7. The van der Waals surface area contributed by atoms with Crippen molar-refractivity contribution in [2.75, 3.05) is 12.0 Å². The molecule has 0 aliphatic carbocycles. The summed E-state index contributed by atoms with van der Waals surface area (Å²) in [6.45, 7) is 0. The van der Waals surface area contributed by atoms with Crippen molar-refractivity contribution < 1.29 is 18.3 Å². The third-order valence-corrected chi connectivity index (χ3v) is 6.75. The number of thiazole rings is 1. The average molecular weight is 458 g/mol. The van der Waals surface area contributed by atoms with E-state index in [1.54, 1.807) is 55.6 Å². The van der Waals surface area contributed by atoms with Crippen molar-refractivity contribution in [3.8, 4) is 5.75 Å². The van der Waals surface area contributed by atoms with Crippen LogP contribution in [-0.4, -0.2) is 18.0 Å². The first-order chi connectivity index (χ1) is 16.0. The van der Waals surface area contributed by atoms with Crippen LogP contribution in [-0.2, 0) is 0 Å². The van der Waals surface area contributed by atoms with Crippen molar-refractivity contribution in [2.45, 2.75) is 6.04 Å². The van der Waals surface area contributed by atoms with Crippen LogP contribution in [0, 0.1) is 5.82 Å². The summed E-state index contributed by atoms with van der Waals surface area (Å²) >= 11 is 1.18. The first-order valence-corrected chi connectivity index (χ1v) is 11.0. The van der Waals surface area contributed by atoms with E-state index in [2.05, 4.69) is 4.98 Å². The SMILES string of the molecule is COc1cccc(C2c3c(oc4ccccc4c3=O)C(=O)N2c2nc3ccc(F)cc3s2)c1. The number of carbonyl (C=O) groups is 1. The van der Waals surface area contributed by atoms with Crippen LogP contribution < -0.4 is 15.1 Å². The van der Waals surface area contributed by atoms with Crippen LogP contribution in [0.5, 0.6) is 5.75 Å². The number of carbonyl (C=O) groups excluding carboxylic acids is 1. The maximum atomic E-state index is 13.8. The van der Waals surface area contributed by atoms with E-state index in [0.717, 1.165) is 0 Å². The van der Waals surface area contributed by atoms with Crippen molar-refractivity contribution in [2.24, 2.45) is 0 Å². The number of methoxy groups -OCH3 is 1. The molecule has 3 aromatic carbocycles. The number of fused-ring (bicyclic) bond motifs is 3. The highest BCUT2D eigenvalue weighted by atomic mass is 32.1. The first kappa shape index (κ1) is 19.6. The zero-order valence-corrected chi connectivity index (χ0v) is 18.1. The Morgan fingerprint density at radius 3 is 2.76 bits per heavy atom. The van der Waals surface area contributed by atoms with Crippen molar-refractivity contribution in [3.05, 3.63) is 99.7 Å². The van der Waals surface area contributed by atoms with Gasteiger partial charge in [-0.2, -0.15) is 0 Å². The van der Waals surface area contributed by atoms with Gasteiger partial charge in [0.25, 0.3) is 5.91 Å². The molecule has 0 radical (unpaired) electrons. The van der Waals surface area contributed by atoms with Gasteiger partial charge in [-0.05, 0) is 48.0 Å². The molecule has 1 unspecified atom stereocenters. The molecule has 1 aliphatic heterocycles. The highest BCUT2D eigenvalue weighted by Crippen LogP contribution is 2.44. The van der Waals surface area contributed by atoms with E-state index >= 15 is 0 Å². The van der Waals surface area contributed by atoms with Gasteiger partial charge in [-0.25, -0.2) is 9.37 Å². The van der Waals surface area contributed by atoms with Gasteiger partial charge in [0.1, 0.15) is 17.1 Å². The van der Waals surface area contributed by atoms with E-state index in [9.17, 15) is 14.0 Å². The second-order valence-electron chi connectivity index (χ2n) is 7.63. The molecule has 162 valence electrons. The van der Waals surface area contributed by atoms with Crippen LogP contribution in [0.4, 0.5) is 9.52 Å². The molecule has 33 heavy (non-hydrogen) atoms. The number of hydrogen-bond donors (Lipinski definition) is 0. The third kappa shape index (κ3) is 2.95. The molecule has 6 rings (SSSR count). The lowest BCUT2D eigenvalue weighted by atomic mass is 9.98. The Morgan fingerprint density at radius 2 is 1.91 bits per heavy atom. The number of hydrogen-bond acceptors (Lipinski definition) is 6. The molecule has 3 heterocycles. The van der Waals surface area contributed by atoms with E-state index in [4.69, 9.17) is 9.15 Å². The molecule has 0 saturated carbocycles. The summed E-state index contributed by atoms with van der Waals surface area (Å²) in [4.78, 5) is 33.2. The van der Waals surface area contributed by atoms with E-state index < -0.39 is 11.9 Å². The number of aromatic nitrogens is 1. The smallest absolute Gasteiger partial charge is 0.297 e. The predicted octanol–water partition coefficient (Wildman–Crippen LogP) is 5.30. The maximum Gasteiger partial charge on any atom is 0.297 e. The summed E-state index contributed by atoms with van der Waals surface area (Å²) in [6, 6.07) is 17.5. The van der Waals surface area contributed by atoms with Gasteiger partial charge in [-0.15, -0.1) is 0 Å². The third-order valence-electron chi connectivity index (χ3n) is 5.73. The van der Waals surface area contributed by atoms with E-state index in [-0.39, 0.29) is 22.6 Å². The zero-order valence-electron chi connectivity index (χ0n) is 17.2. The Hall–Kier alpha value is -4.04. The number of rotatable bonds is 3. The summed E-state index contributed by atoms with van der Waals surface area (Å²) in [5, 5.41) is 0.744. The first-order valence-electron chi connectivity index (χ1n) is 10.1. The molecule has 0 fully saturated rings. The summed E-state index contributed by atoms with van der Waals surface area (Å²) in [7, 11) is 1.55. The Kier molecular flexibility index (Phi) is 4.31. The number of halogens is 1. The van der Waals surface area contributed by atoms with Crippen LogP contribution in [0.1, 0.15) is 27.7 Å². The number of para-hydroxylation sites is 1. The molecule has 0 spiro atoms. The second kappa shape index (κ2) is 7.25. The molecule has 6 nitrogen and oxygen atoms in total. The number of benzene rings is 3. The molecule has 0 bridgehead atoms. The van der Waals surface area contributed by atoms with E-state index in [0.29, 0.717) is 37.6 Å². The molecule has 2 aromatic heterocycles. The number of ether oxygens (including phenoxy) is 1. The van der Waals surface area contributed by atoms with Gasteiger partial charge >= 0.3 is 0 Å². The molecule has 8 heteroatoms. The van der Waals surface area contributed by atoms with Gasteiger partial charge in [0.2, 0.25) is 5.76 Å². The fraction of sp³-hybridized carbons (Fsp3) is 0.0800. The quantitative estimate of drug-likeness (QED) is 0.367. The summed E-state index contributed by atoms with van der Waals surface area (Å²) < 4.78 is 25.7. The van der Waals surface area contributed by atoms with Gasteiger partial charge < -0.3 is 9.15 Å². The standard InChI is InChI=1S/C25H15FN2O4S/c1-31-15-6-4-5-13(11-15)21-20-22(29)16-7-2-3-8-18(16)32-23(20)24(30)28(21)25-27-17-10-9-14(26)12-19(17)33-25/h2-12,21H,1H3.